The quantitative estimate of drug-likeness (QED) is 0.819. The monoisotopic (exact) mass is 268 g/mol. The lowest BCUT2D eigenvalue weighted by atomic mass is 9.93. The number of nitrogens with one attached hydrogen (secondary N) is 2. The summed E-state index contributed by atoms with van der Waals surface area (Å²) in [5.74, 6) is 1.23. The van der Waals surface area contributed by atoms with Crippen LogP contribution >= 0.6 is 0 Å². The molecule has 108 valence electrons. The summed E-state index contributed by atoms with van der Waals surface area (Å²) < 4.78 is 10.9. The van der Waals surface area contributed by atoms with E-state index in [9.17, 15) is 0 Å². The summed E-state index contributed by atoms with van der Waals surface area (Å²) in [5, 5.41) is 14.6. The van der Waals surface area contributed by atoms with Crippen LogP contribution in [0, 0.1) is 5.92 Å². The van der Waals surface area contributed by atoms with Crippen molar-refractivity contribution in [2.75, 3.05) is 18.5 Å². The van der Waals surface area contributed by atoms with Gasteiger partial charge in [-0.2, -0.15) is 0 Å². The summed E-state index contributed by atoms with van der Waals surface area (Å²) in [6.07, 6.45) is 2.17. The minimum atomic E-state index is 0.329. The Morgan fingerprint density at radius 3 is 2.63 bits per heavy atom. The standard InChI is InChI=1S/C13H24N4O2/c1-9(2)14-8-12-16-17-13(19-12)15-10(3)11-4-6-18-7-5-11/h9-11,14H,4-8H2,1-3H3,(H,15,17). The molecule has 0 aliphatic carbocycles. The molecule has 2 heterocycles. The van der Waals surface area contributed by atoms with Crippen molar-refractivity contribution >= 4 is 6.01 Å². The zero-order valence-electron chi connectivity index (χ0n) is 12.0. The van der Waals surface area contributed by atoms with Crippen LogP contribution in [0.5, 0.6) is 0 Å². The van der Waals surface area contributed by atoms with Crippen molar-refractivity contribution in [3.8, 4) is 0 Å². The van der Waals surface area contributed by atoms with Gasteiger partial charge < -0.3 is 19.8 Å². The Bertz CT molecular complexity index is 374. The maximum absolute atomic E-state index is 5.57. The number of rotatable bonds is 6. The van der Waals surface area contributed by atoms with Crippen molar-refractivity contribution in [3.63, 3.8) is 0 Å². The molecule has 2 N–H and O–H groups in total. The molecule has 6 heteroatoms. The van der Waals surface area contributed by atoms with Crippen molar-refractivity contribution in [3.05, 3.63) is 5.89 Å². The fourth-order valence-electron chi connectivity index (χ4n) is 2.20. The highest BCUT2D eigenvalue weighted by Gasteiger charge is 2.21. The Morgan fingerprint density at radius 2 is 1.95 bits per heavy atom. The lowest BCUT2D eigenvalue weighted by Crippen LogP contribution is -2.31. The summed E-state index contributed by atoms with van der Waals surface area (Å²) in [5.41, 5.74) is 0. The first-order valence-electron chi connectivity index (χ1n) is 7.05. The van der Waals surface area contributed by atoms with Crippen molar-refractivity contribution in [2.24, 2.45) is 5.92 Å². The molecule has 1 atom stereocenters. The van der Waals surface area contributed by atoms with E-state index in [1.165, 1.54) is 0 Å². The number of hydrogen-bond donors (Lipinski definition) is 2. The lowest BCUT2D eigenvalue weighted by molar-refractivity contribution is 0.0620. The molecule has 19 heavy (non-hydrogen) atoms. The maximum Gasteiger partial charge on any atom is 0.315 e. The van der Waals surface area contributed by atoms with Gasteiger partial charge in [-0.15, -0.1) is 5.10 Å². The highest BCUT2D eigenvalue weighted by Crippen LogP contribution is 2.21. The number of anilines is 1. The van der Waals surface area contributed by atoms with Gasteiger partial charge in [-0.1, -0.05) is 18.9 Å². The lowest BCUT2D eigenvalue weighted by Gasteiger charge is -2.27. The SMILES string of the molecule is CC(C)NCc1nnc(NC(C)C2CCOCC2)o1. The van der Waals surface area contributed by atoms with E-state index in [-0.39, 0.29) is 0 Å². The Labute approximate surface area is 114 Å². The molecule has 0 amide bonds. The molecule has 0 radical (unpaired) electrons. The summed E-state index contributed by atoms with van der Waals surface area (Å²) >= 11 is 0. The van der Waals surface area contributed by atoms with Gasteiger partial charge in [0.2, 0.25) is 5.89 Å². The molecule has 2 rings (SSSR count). The largest absolute Gasteiger partial charge is 0.407 e. The van der Waals surface area contributed by atoms with Crippen molar-refractivity contribution in [1.82, 2.24) is 15.5 Å². The molecule has 0 saturated carbocycles. The van der Waals surface area contributed by atoms with Crippen molar-refractivity contribution < 1.29 is 9.15 Å². The third-order valence-corrected chi connectivity index (χ3v) is 3.45. The van der Waals surface area contributed by atoms with Gasteiger partial charge in [-0.05, 0) is 25.7 Å². The van der Waals surface area contributed by atoms with Gasteiger partial charge in [-0.3, -0.25) is 0 Å². The van der Waals surface area contributed by atoms with Crippen LogP contribution in [0.15, 0.2) is 4.42 Å². The summed E-state index contributed by atoms with van der Waals surface area (Å²) in [6, 6.07) is 1.25. The average Bonchev–Trinajstić information content (AvgIpc) is 2.85. The third-order valence-electron chi connectivity index (χ3n) is 3.45. The number of ether oxygens (including phenoxy) is 1. The molecule has 1 aliphatic heterocycles. The van der Waals surface area contributed by atoms with E-state index in [4.69, 9.17) is 9.15 Å². The molecule has 1 saturated heterocycles. The summed E-state index contributed by atoms with van der Waals surface area (Å²) in [4.78, 5) is 0. The Balaban J connectivity index is 1.81. The van der Waals surface area contributed by atoms with Crippen LogP contribution < -0.4 is 10.6 Å². The van der Waals surface area contributed by atoms with Crippen LogP contribution in [0.4, 0.5) is 6.01 Å². The highest BCUT2D eigenvalue weighted by atomic mass is 16.5. The molecule has 1 fully saturated rings. The summed E-state index contributed by atoms with van der Waals surface area (Å²) in [7, 11) is 0. The number of nitrogens with zero attached hydrogens (tertiary/aromatic N) is 2. The van der Waals surface area contributed by atoms with Crippen LogP contribution in [-0.2, 0) is 11.3 Å². The zero-order valence-corrected chi connectivity index (χ0v) is 12.0. The molecule has 1 aromatic heterocycles. The van der Waals surface area contributed by atoms with E-state index in [2.05, 4.69) is 41.6 Å². The van der Waals surface area contributed by atoms with E-state index in [0.29, 0.717) is 36.5 Å². The molecule has 6 nitrogen and oxygen atoms in total. The minimum Gasteiger partial charge on any atom is -0.407 e. The van der Waals surface area contributed by atoms with E-state index >= 15 is 0 Å². The van der Waals surface area contributed by atoms with Gasteiger partial charge in [0.25, 0.3) is 0 Å². The highest BCUT2D eigenvalue weighted by molar-refractivity contribution is 5.19. The second kappa shape index (κ2) is 6.86. The van der Waals surface area contributed by atoms with E-state index in [1.54, 1.807) is 0 Å². The Kier molecular flexibility index (Phi) is 5.15. The molecular formula is C13H24N4O2. The zero-order chi connectivity index (χ0) is 13.7. The van der Waals surface area contributed by atoms with Crippen molar-refractivity contribution in [1.29, 1.82) is 0 Å². The van der Waals surface area contributed by atoms with Crippen LogP contribution in [0.1, 0.15) is 39.5 Å². The first-order valence-corrected chi connectivity index (χ1v) is 7.05. The molecular weight excluding hydrogens is 244 g/mol. The molecule has 0 bridgehead atoms. The molecule has 1 aliphatic rings. The van der Waals surface area contributed by atoms with Crippen LogP contribution in [0.2, 0.25) is 0 Å². The van der Waals surface area contributed by atoms with Gasteiger partial charge in [0.1, 0.15) is 0 Å². The Hall–Kier alpha value is -1.14. The molecule has 1 unspecified atom stereocenters. The maximum atomic E-state index is 5.57. The van der Waals surface area contributed by atoms with Gasteiger partial charge in [0.15, 0.2) is 0 Å². The first-order chi connectivity index (χ1) is 9.15. The normalized spacial score (nSPS) is 18.7. The fourth-order valence-corrected chi connectivity index (χ4v) is 2.20. The van der Waals surface area contributed by atoms with Gasteiger partial charge in [-0.25, -0.2) is 0 Å². The second-order valence-corrected chi connectivity index (χ2v) is 5.42. The fraction of sp³-hybridized carbons (Fsp3) is 0.846. The third kappa shape index (κ3) is 4.47. The average molecular weight is 268 g/mol. The Morgan fingerprint density at radius 1 is 1.21 bits per heavy atom. The van der Waals surface area contributed by atoms with Crippen molar-refractivity contribution in [2.45, 2.75) is 52.2 Å². The number of hydrogen-bond acceptors (Lipinski definition) is 6. The van der Waals surface area contributed by atoms with Gasteiger partial charge >= 0.3 is 6.01 Å². The number of aromatic nitrogens is 2. The van der Waals surface area contributed by atoms with Crippen LogP contribution in [0.25, 0.3) is 0 Å². The topological polar surface area (TPSA) is 72.2 Å². The van der Waals surface area contributed by atoms with E-state index in [0.717, 1.165) is 26.1 Å². The van der Waals surface area contributed by atoms with E-state index in [1.807, 2.05) is 0 Å². The predicted molar refractivity (Wildman–Crippen MR) is 72.9 cm³/mol. The van der Waals surface area contributed by atoms with Gasteiger partial charge in [0.05, 0.1) is 6.54 Å². The minimum absolute atomic E-state index is 0.329. The predicted octanol–water partition coefficient (Wildman–Crippen LogP) is 1.79. The van der Waals surface area contributed by atoms with Crippen LogP contribution in [0.3, 0.4) is 0 Å². The smallest absolute Gasteiger partial charge is 0.315 e. The molecule has 0 aromatic carbocycles. The molecule has 1 aromatic rings. The van der Waals surface area contributed by atoms with Crippen LogP contribution in [-0.4, -0.2) is 35.5 Å². The second-order valence-electron chi connectivity index (χ2n) is 5.42. The first kappa shape index (κ1) is 14.3. The molecule has 0 spiro atoms. The van der Waals surface area contributed by atoms with E-state index < -0.39 is 0 Å². The summed E-state index contributed by atoms with van der Waals surface area (Å²) in [6.45, 7) is 8.64. The van der Waals surface area contributed by atoms with Gasteiger partial charge in [0, 0.05) is 25.3 Å².